The zero-order valence-corrected chi connectivity index (χ0v) is 9.30. The minimum Gasteiger partial charge on any atom is -0.395 e. The van der Waals surface area contributed by atoms with Crippen molar-refractivity contribution in [2.24, 2.45) is 0 Å². The van der Waals surface area contributed by atoms with Gasteiger partial charge in [-0.3, -0.25) is 4.57 Å². The summed E-state index contributed by atoms with van der Waals surface area (Å²) < 4.78 is 6.10. The molecule has 1 saturated heterocycles. The van der Waals surface area contributed by atoms with Gasteiger partial charge < -0.3 is 31.5 Å². The van der Waals surface area contributed by atoms with Crippen LogP contribution in [0.5, 0.6) is 0 Å². The first-order chi connectivity index (χ1) is 8.45. The number of ether oxygens (including phenoxy) is 1. The fraction of sp³-hybridized carbons (Fsp3) is 0.556. The van der Waals surface area contributed by atoms with Gasteiger partial charge in [-0.25, -0.2) is 4.79 Å². The zero-order valence-electron chi connectivity index (χ0n) is 9.30. The first kappa shape index (κ1) is 12.8. The van der Waals surface area contributed by atoms with Crippen LogP contribution in [0, 0.1) is 0 Å². The maximum absolute atomic E-state index is 11.6. The molecule has 2 rings (SSSR count). The first-order valence-electron chi connectivity index (χ1n) is 5.22. The highest BCUT2D eigenvalue weighted by molar-refractivity contribution is 5.55. The van der Waals surface area contributed by atoms with Crippen molar-refractivity contribution in [3.63, 3.8) is 0 Å². The minimum absolute atomic E-state index is 0.0485. The Bertz CT molecular complexity index is 504. The van der Waals surface area contributed by atoms with Crippen molar-refractivity contribution in [2.75, 3.05) is 18.1 Å². The number of nitrogens with zero attached hydrogens (tertiary/aromatic N) is 2. The van der Waals surface area contributed by atoms with Gasteiger partial charge in [0, 0.05) is 6.20 Å². The number of hydrogen-bond acceptors (Lipinski definition) is 8. The van der Waals surface area contributed by atoms with Gasteiger partial charge in [0.05, 0.1) is 12.3 Å². The van der Waals surface area contributed by atoms with Crippen LogP contribution in [0.1, 0.15) is 6.23 Å². The van der Waals surface area contributed by atoms with Crippen molar-refractivity contribution >= 4 is 11.5 Å². The van der Waals surface area contributed by atoms with Gasteiger partial charge in [-0.05, 0) is 0 Å². The molecule has 1 fully saturated rings. The number of aromatic nitrogens is 2. The van der Waals surface area contributed by atoms with E-state index in [0.29, 0.717) is 0 Å². The number of hydrogen-bond donors (Lipinski definition) is 5. The highest BCUT2D eigenvalue weighted by Gasteiger charge is 2.43. The number of anilines is 2. The number of nitrogens with two attached hydrogens (primary N) is 2. The molecule has 1 aromatic rings. The molecule has 0 aromatic carbocycles. The maximum atomic E-state index is 11.6. The van der Waals surface area contributed by atoms with E-state index in [4.69, 9.17) is 21.3 Å². The molecule has 9 heteroatoms. The van der Waals surface area contributed by atoms with E-state index in [9.17, 15) is 15.0 Å². The first-order valence-corrected chi connectivity index (χ1v) is 5.22. The summed E-state index contributed by atoms with van der Waals surface area (Å²) in [6.07, 6.45) is -3.64. The quantitative estimate of drug-likeness (QED) is 0.376. The molecule has 1 aliphatic rings. The molecular formula is C9H14N4O5. The van der Waals surface area contributed by atoms with Crippen LogP contribution >= 0.6 is 0 Å². The molecule has 18 heavy (non-hydrogen) atoms. The number of rotatable bonds is 2. The largest absolute Gasteiger partial charge is 0.395 e. The van der Waals surface area contributed by atoms with Crippen LogP contribution in [0.25, 0.3) is 0 Å². The topological polar surface area (TPSA) is 157 Å². The van der Waals surface area contributed by atoms with Gasteiger partial charge in [0.2, 0.25) is 0 Å². The van der Waals surface area contributed by atoms with E-state index in [2.05, 4.69) is 4.98 Å². The Kier molecular flexibility index (Phi) is 3.22. The van der Waals surface area contributed by atoms with Gasteiger partial charge in [-0.15, -0.1) is 0 Å². The third-order valence-electron chi connectivity index (χ3n) is 2.80. The summed E-state index contributed by atoms with van der Waals surface area (Å²) in [4.78, 5) is 15.1. The lowest BCUT2D eigenvalue weighted by atomic mass is 10.1. The Labute approximate surface area is 101 Å². The standard InChI is InChI=1S/C9H14N4O5/c10-3-1-13(9(17)12-7(3)11)8-6(16)5(15)4(2-14)18-8/h1,4-6,8,14-16H,2,10H2,(H2,11,12,17)/t4-,5-,6-,8?/m1/s1. The molecule has 7 N–H and O–H groups in total. The molecule has 2 heterocycles. The van der Waals surface area contributed by atoms with Crippen molar-refractivity contribution in [1.82, 2.24) is 9.55 Å². The number of nitrogen functional groups attached to an aromatic ring is 2. The second kappa shape index (κ2) is 4.53. The second-order valence-electron chi connectivity index (χ2n) is 4.00. The molecule has 1 aliphatic heterocycles. The van der Waals surface area contributed by atoms with Gasteiger partial charge in [0.25, 0.3) is 0 Å². The van der Waals surface area contributed by atoms with Crippen LogP contribution in [0.4, 0.5) is 11.5 Å². The molecule has 0 saturated carbocycles. The molecule has 0 bridgehead atoms. The Morgan fingerprint density at radius 3 is 2.61 bits per heavy atom. The Morgan fingerprint density at radius 2 is 2.06 bits per heavy atom. The van der Waals surface area contributed by atoms with Crippen molar-refractivity contribution in [3.8, 4) is 0 Å². The van der Waals surface area contributed by atoms with Crippen molar-refractivity contribution in [1.29, 1.82) is 0 Å². The highest BCUT2D eigenvalue weighted by Crippen LogP contribution is 2.28. The minimum atomic E-state index is -1.37. The maximum Gasteiger partial charge on any atom is 0.351 e. The lowest BCUT2D eigenvalue weighted by Crippen LogP contribution is -2.36. The van der Waals surface area contributed by atoms with Gasteiger partial charge in [0.1, 0.15) is 18.3 Å². The predicted molar refractivity (Wildman–Crippen MR) is 60.3 cm³/mol. The van der Waals surface area contributed by atoms with Gasteiger partial charge >= 0.3 is 5.69 Å². The molecular weight excluding hydrogens is 244 g/mol. The molecule has 4 atom stereocenters. The zero-order chi connectivity index (χ0) is 13.4. The monoisotopic (exact) mass is 258 g/mol. The van der Waals surface area contributed by atoms with Gasteiger partial charge in [-0.2, -0.15) is 4.98 Å². The van der Waals surface area contributed by atoms with E-state index in [0.717, 1.165) is 4.57 Å². The van der Waals surface area contributed by atoms with Crippen molar-refractivity contribution < 1.29 is 20.1 Å². The Morgan fingerprint density at radius 1 is 1.39 bits per heavy atom. The fourth-order valence-electron chi connectivity index (χ4n) is 1.79. The second-order valence-corrected chi connectivity index (χ2v) is 4.00. The van der Waals surface area contributed by atoms with Crippen LogP contribution in [0.15, 0.2) is 11.0 Å². The van der Waals surface area contributed by atoms with E-state index in [1.165, 1.54) is 6.20 Å². The summed E-state index contributed by atoms with van der Waals surface area (Å²) in [7, 11) is 0. The summed E-state index contributed by atoms with van der Waals surface area (Å²) in [5.74, 6) is -0.122. The van der Waals surface area contributed by atoms with Crippen LogP contribution < -0.4 is 17.2 Å². The molecule has 0 spiro atoms. The summed E-state index contributed by atoms with van der Waals surface area (Å²) in [6, 6.07) is 0. The third-order valence-corrected chi connectivity index (χ3v) is 2.80. The summed E-state index contributed by atoms with van der Waals surface area (Å²) >= 11 is 0. The highest BCUT2D eigenvalue weighted by atomic mass is 16.6. The van der Waals surface area contributed by atoms with Crippen molar-refractivity contribution in [3.05, 3.63) is 16.7 Å². The third kappa shape index (κ3) is 1.93. The van der Waals surface area contributed by atoms with E-state index >= 15 is 0 Å². The van der Waals surface area contributed by atoms with Gasteiger partial charge in [0.15, 0.2) is 12.0 Å². The van der Waals surface area contributed by atoms with Crippen LogP contribution in [-0.2, 0) is 4.74 Å². The van der Waals surface area contributed by atoms with Crippen molar-refractivity contribution in [2.45, 2.75) is 24.5 Å². The smallest absolute Gasteiger partial charge is 0.351 e. The average Bonchev–Trinajstić information content (AvgIpc) is 2.61. The van der Waals surface area contributed by atoms with E-state index in [1.807, 2.05) is 0 Å². The van der Waals surface area contributed by atoms with E-state index in [-0.39, 0.29) is 11.5 Å². The molecule has 0 amide bonds. The Balaban J connectivity index is 2.39. The molecule has 9 nitrogen and oxygen atoms in total. The molecule has 0 radical (unpaired) electrons. The van der Waals surface area contributed by atoms with E-state index < -0.39 is 36.8 Å². The summed E-state index contributed by atoms with van der Waals surface area (Å²) in [5, 5.41) is 28.3. The average molecular weight is 258 g/mol. The summed E-state index contributed by atoms with van der Waals surface area (Å²) in [6.45, 7) is -0.485. The molecule has 0 aliphatic carbocycles. The van der Waals surface area contributed by atoms with Crippen LogP contribution in [-0.4, -0.2) is 49.8 Å². The fourth-order valence-corrected chi connectivity index (χ4v) is 1.79. The Hall–Kier alpha value is -1.68. The predicted octanol–water partition coefficient (Wildman–Crippen LogP) is -2.98. The number of aliphatic hydroxyl groups is 3. The normalized spacial score (nSPS) is 31.7. The lowest BCUT2D eigenvalue weighted by molar-refractivity contribution is -0.0548. The molecule has 1 unspecified atom stereocenters. The molecule has 1 aromatic heterocycles. The van der Waals surface area contributed by atoms with E-state index in [1.54, 1.807) is 0 Å². The SMILES string of the molecule is Nc1cn(C2O[C@H](CO)[C@@H](O)[C@H]2O)c(=O)nc1N. The van der Waals surface area contributed by atoms with Gasteiger partial charge in [-0.1, -0.05) is 0 Å². The van der Waals surface area contributed by atoms with Crippen LogP contribution in [0.3, 0.4) is 0 Å². The number of aliphatic hydroxyl groups excluding tert-OH is 3. The molecule has 100 valence electrons. The summed E-state index contributed by atoms with van der Waals surface area (Å²) in [5.41, 5.74) is 10.2. The lowest BCUT2D eigenvalue weighted by Gasteiger charge is -2.17. The van der Waals surface area contributed by atoms with Crippen LogP contribution in [0.2, 0.25) is 0 Å².